The molecular formula is C10H19NO3. The van der Waals surface area contributed by atoms with Crippen molar-refractivity contribution >= 4 is 0 Å². The second-order valence-electron chi connectivity index (χ2n) is 3.76. The number of hydrogen-bond acceptors (Lipinski definition) is 4. The van der Waals surface area contributed by atoms with Crippen LogP contribution in [0.3, 0.4) is 0 Å². The average Bonchev–Trinajstić information content (AvgIpc) is 2.26. The van der Waals surface area contributed by atoms with Crippen molar-refractivity contribution in [1.82, 2.24) is 0 Å². The van der Waals surface area contributed by atoms with Crippen molar-refractivity contribution in [2.45, 2.75) is 31.5 Å². The van der Waals surface area contributed by atoms with E-state index < -0.39 is 18.8 Å². The molecule has 0 aliphatic heterocycles. The molecule has 5 N–H and O–H groups in total. The van der Waals surface area contributed by atoms with Crippen LogP contribution in [0.5, 0.6) is 0 Å². The summed E-state index contributed by atoms with van der Waals surface area (Å²) in [5, 5.41) is 27.7. The Morgan fingerprint density at radius 2 is 2.21 bits per heavy atom. The Morgan fingerprint density at radius 3 is 2.79 bits per heavy atom. The van der Waals surface area contributed by atoms with Gasteiger partial charge in [-0.15, -0.1) is 0 Å². The molecule has 0 aromatic carbocycles. The Balaban J connectivity index is 2.67. The molecule has 0 fully saturated rings. The third-order valence-corrected chi connectivity index (χ3v) is 2.79. The van der Waals surface area contributed by atoms with Gasteiger partial charge in [0.05, 0.1) is 6.61 Å². The van der Waals surface area contributed by atoms with Gasteiger partial charge in [0, 0.05) is 0 Å². The van der Waals surface area contributed by atoms with E-state index in [0.717, 1.165) is 24.8 Å². The van der Waals surface area contributed by atoms with E-state index in [9.17, 15) is 10.2 Å². The van der Waals surface area contributed by atoms with E-state index in [4.69, 9.17) is 10.8 Å². The molecule has 0 spiro atoms. The van der Waals surface area contributed by atoms with Gasteiger partial charge < -0.3 is 21.1 Å². The lowest BCUT2D eigenvalue weighted by atomic mass is 9.83. The van der Waals surface area contributed by atoms with E-state index in [1.165, 1.54) is 0 Å². The van der Waals surface area contributed by atoms with Gasteiger partial charge in [0.15, 0.2) is 0 Å². The van der Waals surface area contributed by atoms with Crippen molar-refractivity contribution in [1.29, 1.82) is 0 Å². The summed E-state index contributed by atoms with van der Waals surface area (Å²) < 4.78 is 0. The van der Waals surface area contributed by atoms with Gasteiger partial charge in [-0.05, 0) is 37.3 Å². The molecule has 1 aliphatic carbocycles. The Labute approximate surface area is 84.1 Å². The van der Waals surface area contributed by atoms with Crippen LogP contribution in [-0.2, 0) is 0 Å². The second kappa shape index (κ2) is 5.46. The molecule has 14 heavy (non-hydrogen) atoms. The largest absolute Gasteiger partial charge is 0.394 e. The monoisotopic (exact) mass is 201 g/mol. The molecule has 0 saturated heterocycles. The van der Waals surface area contributed by atoms with E-state index in [2.05, 4.69) is 0 Å². The standard InChI is InChI=1S/C10H19NO3/c11-5-7-3-1-2-4-8(7)10(14)9(13)6-12/h4,7,9-10,12-14H,1-3,5-6,11H2/t7?,9-,10?/m1/s1. The van der Waals surface area contributed by atoms with Crippen LogP contribution in [0.25, 0.3) is 0 Å². The molecule has 1 aliphatic rings. The van der Waals surface area contributed by atoms with E-state index in [1.807, 2.05) is 6.08 Å². The van der Waals surface area contributed by atoms with Crippen LogP contribution in [0.1, 0.15) is 19.3 Å². The number of rotatable bonds is 4. The second-order valence-corrected chi connectivity index (χ2v) is 3.76. The van der Waals surface area contributed by atoms with E-state index in [0.29, 0.717) is 6.54 Å². The number of hydrogen-bond donors (Lipinski definition) is 4. The molecule has 2 unspecified atom stereocenters. The summed E-state index contributed by atoms with van der Waals surface area (Å²) in [6, 6.07) is 0. The Hall–Kier alpha value is -0.420. The summed E-state index contributed by atoms with van der Waals surface area (Å²) in [5.41, 5.74) is 6.37. The molecule has 0 bridgehead atoms. The molecule has 1 rings (SSSR count). The Bertz CT molecular complexity index is 206. The minimum absolute atomic E-state index is 0.153. The fourth-order valence-electron chi connectivity index (χ4n) is 1.90. The molecule has 0 aromatic heterocycles. The predicted molar refractivity (Wildman–Crippen MR) is 53.6 cm³/mol. The van der Waals surface area contributed by atoms with Crippen LogP contribution in [0.15, 0.2) is 11.6 Å². The van der Waals surface area contributed by atoms with Gasteiger partial charge in [0.1, 0.15) is 12.2 Å². The van der Waals surface area contributed by atoms with Gasteiger partial charge in [-0.25, -0.2) is 0 Å². The van der Waals surface area contributed by atoms with Crippen molar-refractivity contribution in [2.75, 3.05) is 13.2 Å². The van der Waals surface area contributed by atoms with E-state index in [1.54, 1.807) is 0 Å². The first kappa shape index (κ1) is 11.7. The Kier molecular flexibility index (Phi) is 4.54. The molecule has 0 heterocycles. The van der Waals surface area contributed by atoms with Gasteiger partial charge in [0.25, 0.3) is 0 Å². The van der Waals surface area contributed by atoms with Crippen LogP contribution in [-0.4, -0.2) is 40.7 Å². The first-order valence-electron chi connectivity index (χ1n) is 5.07. The van der Waals surface area contributed by atoms with Crippen molar-refractivity contribution in [3.8, 4) is 0 Å². The maximum atomic E-state index is 9.71. The highest BCUT2D eigenvalue weighted by Gasteiger charge is 2.26. The molecular weight excluding hydrogens is 182 g/mol. The molecule has 0 amide bonds. The van der Waals surface area contributed by atoms with Gasteiger partial charge in [-0.3, -0.25) is 0 Å². The minimum atomic E-state index is -1.09. The minimum Gasteiger partial charge on any atom is -0.394 e. The van der Waals surface area contributed by atoms with Crippen LogP contribution >= 0.6 is 0 Å². The van der Waals surface area contributed by atoms with Crippen molar-refractivity contribution in [2.24, 2.45) is 11.7 Å². The van der Waals surface area contributed by atoms with Crippen LogP contribution in [0, 0.1) is 5.92 Å². The first-order chi connectivity index (χ1) is 6.70. The maximum absolute atomic E-state index is 9.71. The SMILES string of the molecule is NCC1CCCC=C1C(O)[C@H](O)CO. The summed E-state index contributed by atoms with van der Waals surface area (Å²) in [7, 11) is 0. The first-order valence-corrected chi connectivity index (χ1v) is 5.07. The lowest BCUT2D eigenvalue weighted by Gasteiger charge is -2.28. The highest BCUT2D eigenvalue weighted by Crippen LogP contribution is 2.27. The molecule has 0 saturated carbocycles. The van der Waals surface area contributed by atoms with E-state index >= 15 is 0 Å². The van der Waals surface area contributed by atoms with E-state index in [-0.39, 0.29) is 5.92 Å². The molecule has 4 nitrogen and oxygen atoms in total. The molecule has 82 valence electrons. The van der Waals surface area contributed by atoms with Gasteiger partial charge >= 0.3 is 0 Å². The normalized spacial score (nSPS) is 26.9. The van der Waals surface area contributed by atoms with Crippen molar-refractivity contribution < 1.29 is 15.3 Å². The smallest absolute Gasteiger partial charge is 0.107 e. The zero-order valence-electron chi connectivity index (χ0n) is 8.26. The molecule has 0 radical (unpaired) electrons. The highest BCUT2D eigenvalue weighted by atomic mass is 16.4. The zero-order valence-corrected chi connectivity index (χ0v) is 8.26. The lowest BCUT2D eigenvalue weighted by Crippen LogP contribution is -2.36. The molecule has 4 heteroatoms. The topological polar surface area (TPSA) is 86.7 Å². The fraction of sp³-hybridized carbons (Fsp3) is 0.800. The van der Waals surface area contributed by atoms with Gasteiger partial charge in [0.2, 0.25) is 0 Å². The average molecular weight is 201 g/mol. The quantitative estimate of drug-likeness (QED) is 0.457. The number of aliphatic hydroxyl groups excluding tert-OH is 3. The summed E-state index contributed by atoms with van der Waals surface area (Å²) in [6.07, 6.45) is 2.83. The highest BCUT2D eigenvalue weighted by molar-refractivity contribution is 5.16. The van der Waals surface area contributed by atoms with Crippen molar-refractivity contribution in [3.05, 3.63) is 11.6 Å². The third kappa shape index (κ3) is 2.54. The van der Waals surface area contributed by atoms with Gasteiger partial charge in [-0.1, -0.05) is 6.08 Å². The van der Waals surface area contributed by atoms with Crippen LogP contribution in [0.2, 0.25) is 0 Å². The number of nitrogens with two attached hydrogens (primary N) is 1. The van der Waals surface area contributed by atoms with Gasteiger partial charge in [-0.2, -0.15) is 0 Å². The third-order valence-electron chi connectivity index (χ3n) is 2.79. The maximum Gasteiger partial charge on any atom is 0.107 e. The summed E-state index contributed by atoms with van der Waals surface area (Å²) in [4.78, 5) is 0. The summed E-state index contributed by atoms with van der Waals surface area (Å²) in [5.74, 6) is 0.153. The molecule has 3 atom stereocenters. The zero-order chi connectivity index (χ0) is 10.6. The Morgan fingerprint density at radius 1 is 1.50 bits per heavy atom. The fourth-order valence-corrected chi connectivity index (χ4v) is 1.90. The summed E-state index contributed by atoms with van der Waals surface area (Å²) >= 11 is 0. The number of allylic oxidation sites excluding steroid dienone is 1. The molecule has 0 aromatic rings. The van der Waals surface area contributed by atoms with Crippen LogP contribution < -0.4 is 5.73 Å². The lowest BCUT2D eigenvalue weighted by molar-refractivity contribution is -0.00105. The number of aliphatic hydroxyl groups is 3. The van der Waals surface area contributed by atoms with Crippen LogP contribution in [0.4, 0.5) is 0 Å². The summed E-state index contributed by atoms with van der Waals surface area (Å²) in [6.45, 7) is 0.0663. The predicted octanol–water partition coefficient (Wildman–Crippen LogP) is -0.614. The van der Waals surface area contributed by atoms with Crippen molar-refractivity contribution in [3.63, 3.8) is 0 Å².